The number of nitro groups is 1. The Kier molecular flexibility index (Phi) is 5.87. The topological polar surface area (TPSA) is 102 Å². The second kappa shape index (κ2) is 8.91. The van der Waals surface area contributed by atoms with Gasteiger partial charge in [-0.25, -0.2) is 5.01 Å². The second-order valence-electron chi connectivity index (χ2n) is 6.81. The van der Waals surface area contributed by atoms with E-state index in [0.29, 0.717) is 16.3 Å². The fourth-order valence-electron chi connectivity index (χ4n) is 3.19. The van der Waals surface area contributed by atoms with Crippen LogP contribution in [0.3, 0.4) is 0 Å². The molecule has 0 atom stereocenters. The number of hydrogen-bond donors (Lipinski definition) is 1. The molecular weight excluding hydrogens is 434 g/mol. The van der Waals surface area contributed by atoms with Gasteiger partial charge in [0.2, 0.25) is 5.75 Å². The molecule has 0 spiro atoms. The molecule has 0 bridgehead atoms. The zero-order valence-corrected chi connectivity index (χ0v) is 17.3. The zero-order chi connectivity index (χ0) is 22.7. The van der Waals surface area contributed by atoms with Gasteiger partial charge < -0.3 is 4.74 Å². The maximum absolute atomic E-state index is 12.9. The highest BCUT2D eigenvalue weighted by Gasteiger charge is 2.35. The van der Waals surface area contributed by atoms with E-state index in [-0.39, 0.29) is 29.2 Å². The summed E-state index contributed by atoms with van der Waals surface area (Å²) in [6.07, 6.45) is 1.29. The van der Waals surface area contributed by atoms with Gasteiger partial charge in [-0.05, 0) is 24.3 Å². The molecule has 9 heteroatoms. The van der Waals surface area contributed by atoms with Crippen LogP contribution >= 0.6 is 11.6 Å². The first-order valence-corrected chi connectivity index (χ1v) is 9.89. The van der Waals surface area contributed by atoms with E-state index in [1.807, 2.05) is 0 Å². The van der Waals surface area contributed by atoms with Crippen molar-refractivity contribution in [1.29, 1.82) is 0 Å². The lowest BCUT2D eigenvalue weighted by Gasteiger charge is -2.14. The lowest BCUT2D eigenvalue weighted by Crippen LogP contribution is -2.35. The summed E-state index contributed by atoms with van der Waals surface area (Å²) >= 11 is 6.15. The van der Waals surface area contributed by atoms with E-state index in [9.17, 15) is 19.7 Å². The second-order valence-corrected chi connectivity index (χ2v) is 7.21. The quantitative estimate of drug-likeness (QED) is 0.262. The zero-order valence-electron chi connectivity index (χ0n) is 16.5. The van der Waals surface area contributed by atoms with Gasteiger partial charge in [-0.2, -0.15) is 0 Å². The Bertz CT molecular complexity index is 1240. The number of nitrogens with zero attached hydrogens (tertiary/aromatic N) is 2. The normalized spacial score (nSPS) is 14.5. The van der Waals surface area contributed by atoms with E-state index in [1.165, 1.54) is 24.3 Å². The molecule has 1 saturated heterocycles. The van der Waals surface area contributed by atoms with Gasteiger partial charge in [0, 0.05) is 22.2 Å². The molecule has 1 N–H and O–H groups in total. The van der Waals surface area contributed by atoms with E-state index in [1.54, 1.807) is 54.6 Å². The molecule has 8 nitrogen and oxygen atoms in total. The Morgan fingerprint density at radius 2 is 1.72 bits per heavy atom. The number of anilines is 1. The Balaban J connectivity index is 1.70. The van der Waals surface area contributed by atoms with Crippen molar-refractivity contribution in [3.05, 3.63) is 105 Å². The van der Waals surface area contributed by atoms with Crippen molar-refractivity contribution < 1.29 is 19.2 Å². The highest BCUT2D eigenvalue weighted by Crippen LogP contribution is 2.34. The molecule has 1 aliphatic heterocycles. The molecule has 2 amide bonds. The van der Waals surface area contributed by atoms with Crippen molar-refractivity contribution in [3.8, 4) is 5.75 Å². The molecule has 4 rings (SSSR count). The maximum Gasteiger partial charge on any atom is 0.311 e. The van der Waals surface area contributed by atoms with E-state index >= 15 is 0 Å². The molecule has 0 aromatic heterocycles. The van der Waals surface area contributed by atoms with E-state index in [4.69, 9.17) is 16.3 Å². The van der Waals surface area contributed by atoms with Crippen molar-refractivity contribution in [2.24, 2.45) is 0 Å². The standard InChI is InChI=1S/C23H16ClN3O5/c24-19-11-5-4-7-16(19)14-32-21-15(8-6-12-20(21)27(30)31)13-18-22(28)25-26(23(18)29)17-9-2-1-3-10-17/h1-13H,14H2,(H,25,28)/b18-13-. The Hall–Kier alpha value is -4.17. The van der Waals surface area contributed by atoms with Crippen LogP contribution in [-0.2, 0) is 16.2 Å². The van der Waals surface area contributed by atoms with Gasteiger partial charge in [0.15, 0.2) is 0 Å². The van der Waals surface area contributed by atoms with Gasteiger partial charge in [0.05, 0.1) is 10.6 Å². The SMILES string of the molecule is O=C1NN(c2ccccc2)C(=O)/C1=C\c1cccc([N+](=O)[O-])c1OCc1ccccc1Cl. The largest absolute Gasteiger partial charge is 0.481 e. The monoisotopic (exact) mass is 449 g/mol. The maximum atomic E-state index is 12.9. The Labute approximate surface area is 187 Å². The lowest BCUT2D eigenvalue weighted by molar-refractivity contribution is -0.386. The van der Waals surface area contributed by atoms with Crippen molar-refractivity contribution in [1.82, 2.24) is 5.43 Å². The summed E-state index contributed by atoms with van der Waals surface area (Å²) in [5.41, 5.74) is 3.38. The number of carbonyl (C=O) groups excluding carboxylic acids is 2. The van der Waals surface area contributed by atoms with Crippen LogP contribution in [0.5, 0.6) is 5.75 Å². The number of halogens is 1. The third-order valence-electron chi connectivity index (χ3n) is 4.76. The first kappa shape index (κ1) is 21.1. The number of hydrazine groups is 1. The first-order valence-electron chi connectivity index (χ1n) is 9.51. The summed E-state index contributed by atoms with van der Waals surface area (Å²) in [5.74, 6) is -1.27. The first-order chi connectivity index (χ1) is 15.5. The van der Waals surface area contributed by atoms with Crippen LogP contribution < -0.4 is 15.2 Å². The summed E-state index contributed by atoms with van der Waals surface area (Å²) in [7, 11) is 0. The molecule has 1 fully saturated rings. The number of rotatable bonds is 6. The minimum absolute atomic E-state index is 0.0308. The van der Waals surface area contributed by atoms with E-state index in [2.05, 4.69) is 5.43 Å². The molecule has 32 heavy (non-hydrogen) atoms. The van der Waals surface area contributed by atoms with Gasteiger partial charge in [0.1, 0.15) is 12.2 Å². The van der Waals surface area contributed by atoms with Crippen molar-refractivity contribution in [2.75, 3.05) is 5.01 Å². The van der Waals surface area contributed by atoms with Crippen molar-refractivity contribution in [3.63, 3.8) is 0 Å². The Morgan fingerprint density at radius 3 is 2.44 bits per heavy atom. The fraction of sp³-hybridized carbons (Fsp3) is 0.0435. The van der Waals surface area contributed by atoms with E-state index in [0.717, 1.165) is 5.01 Å². The van der Waals surface area contributed by atoms with Crippen molar-refractivity contribution >= 4 is 40.9 Å². The minimum Gasteiger partial charge on any atom is -0.481 e. The molecule has 3 aromatic carbocycles. The fourth-order valence-corrected chi connectivity index (χ4v) is 3.38. The minimum atomic E-state index is -0.623. The van der Waals surface area contributed by atoms with Crippen LogP contribution in [0.4, 0.5) is 11.4 Å². The molecule has 1 aliphatic rings. The number of para-hydroxylation sites is 2. The Morgan fingerprint density at radius 1 is 1.00 bits per heavy atom. The van der Waals surface area contributed by atoms with E-state index < -0.39 is 16.7 Å². The average Bonchev–Trinajstić information content (AvgIpc) is 3.08. The number of benzene rings is 3. The third-order valence-corrected chi connectivity index (χ3v) is 5.13. The summed E-state index contributed by atoms with van der Waals surface area (Å²) in [5, 5.41) is 13.2. The van der Waals surface area contributed by atoms with Crippen molar-refractivity contribution in [2.45, 2.75) is 6.61 Å². The average molecular weight is 450 g/mol. The number of nitrogens with one attached hydrogen (secondary N) is 1. The highest BCUT2D eigenvalue weighted by molar-refractivity contribution is 6.32. The molecule has 3 aromatic rings. The van der Waals surface area contributed by atoms with Gasteiger partial charge in [-0.3, -0.25) is 25.1 Å². The summed E-state index contributed by atoms with van der Waals surface area (Å²) in [4.78, 5) is 36.3. The molecule has 0 saturated carbocycles. The number of amides is 2. The van der Waals surface area contributed by atoms with Gasteiger partial charge >= 0.3 is 5.69 Å². The summed E-state index contributed by atoms with van der Waals surface area (Å²) in [6, 6.07) is 19.8. The van der Waals surface area contributed by atoms with Gasteiger partial charge in [-0.1, -0.05) is 60.1 Å². The molecule has 1 heterocycles. The smallest absolute Gasteiger partial charge is 0.311 e. The number of ether oxygens (including phenoxy) is 1. The van der Waals surface area contributed by atoms with Crippen LogP contribution in [0.1, 0.15) is 11.1 Å². The molecule has 160 valence electrons. The van der Waals surface area contributed by atoms with Gasteiger partial charge in [-0.15, -0.1) is 0 Å². The van der Waals surface area contributed by atoms with Crippen LogP contribution in [0.2, 0.25) is 5.02 Å². The number of carbonyl (C=O) groups is 2. The predicted molar refractivity (Wildman–Crippen MR) is 119 cm³/mol. The summed E-state index contributed by atoms with van der Waals surface area (Å²) in [6.45, 7) is -0.0308. The third kappa shape index (κ3) is 4.17. The van der Waals surface area contributed by atoms with Gasteiger partial charge in [0.25, 0.3) is 11.8 Å². The number of nitro benzene ring substituents is 1. The molecule has 0 radical (unpaired) electrons. The lowest BCUT2D eigenvalue weighted by atomic mass is 10.1. The van der Waals surface area contributed by atoms with Crippen LogP contribution in [0.15, 0.2) is 78.4 Å². The van der Waals surface area contributed by atoms with Crippen LogP contribution in [-0.4, -0.2) is 16.7 Å². The summed E-state index contributed by atoms with van der Waals surface area (Å²) < 4.78 is 5.76. The molecule has 0 aliphatic carbocycles. The van der Waals surface area contributed by atoms with Crippen LogP contribution in [0.25, 0.3) is 6.08 Å². The highest BCUT2D eigenvalue weighted by atomic mass is 35.5. The number of hydrogen-bond acceptors (Lipinski definition) is 5. The molecular formula is C23H16ClN3O5. The molecule has 0 unspecified atom stereocenters. The predicted octanol–water partition coefficient (Wildman–Crippen LogP) is 4.29. The van der Waals surface area contributed by atoms with Crippen LogP contribution in [0, 0.1) is 10.1 Å².